The second-order valence-electron chi connectivity index (χ2n) is 7.78. The highest BCUT2D eigenvalue weighted by Gasteiger charge is 2.55. The highest BCUT2D eigenvalue weighted by atomic mass is 16.2. The lowest BCUT2D eigenvalue weighted by atomic mass is 9.73. The molecule has 1 aliphatic heterocycles. The van der Waals surface area contributed by atoms with E-state index < -0.39 is 24.0 Å². The van der Waals surface area contributed by atoms with Crippen molar-refractivity contribution in [3.05, 3.63) is 29.8 Å². The molecule has 156 valence electrons. The minimum atomic E-state index is -0.892. The number of amides is 5. The van der Waals surface area contributed by atoms with Gasteiger partial charge >= 0.3 is 6.03 Å². The number of aryl methyl sites for hydroxylation is 1. The SMILES string of the molecule is CCc1ccccc1NC(=O)CNC(=O)CN1C(=O)N[C@]2(CCCC[C@H]2C)C1=O. The van der Waals surface area contributed by atoms with Gasteiger partial charge in [-0.1, -0.05) is 44.9 Å². The summed E-state index contributed by atoms with van der Waals surface area (Å²) in [5.41, 5.74) is 0.812. The van der Waals surface area contributed by atoms with E-state index >= 15 is 0 Å². The first kappa shape index (κ1) is 20.8. The average molecular weight is 400 g/mol. The average Bonchev–Trinajstić information content (AvgIpc) is 2.94. The number of carbonyl (C=O) groups is 4. The Morgan fingerprint density at radius 3 is 2.69 bits per heavy atom. The third-order valence-electron chi connectivity index (χ3n) is 5.92. The van der Waals surface area contributed by atoms with Gasteiger partial charge in [0.05, 0.1) is 6.54 Å². The van der Waals surface area contributed by atoms with E-state index in [9.17, 15) is 19.2 Å². The molecule has 2 atom stereocenters. The molecule has 1 saturated heterocycles. The molecule has 0 radical (unpaired) electrons. The summed E-state index contributed by atoms with van der Waals surface area (Å²) in [6.07, 6.45) is 4.13. The van der Waals surface area contributed by atoms with Gasteiger partial charge in [0, 0.05) is 5.69 Å². The monoisotopic (exact) mass is 400 g/mol. The number of rotatable bonds is 6. The Labute approximate surface area is 170 Å². The van der Waals surface area contributed by atoms with Gasteiger partial charge in [-0.2, -0.15) is 0 Å². The zero-order valence-corrected chi connectivity index (χ0v) is 16.9. The molecule has 1 aromatic rings. The van der Waals surface area contributed by atoms with Crippen molar-refractivity contribution in [1.29, 1.82) is 0 Å². The lowest BCUT2D eigenvalue weighted by Crippen LogP contribution is -2.54. The standard InChI is InChI=1S/C21H28N4O4/c1-3-15-9-4-5-10-16(15)23-17(26)12-22-18(27)13-25-19(28)21(24-20(25)29)11-7-6-8-14(21)2/h4-5,9-10,14H,3,6-8,11-13H2,1-2H3,(H,22,27)(H,23,26)(H,24,29)/t14-,21+/m1/s1. The topological polar surface area (TPSA) is 108 Å². The molecule has 0 unspecified atom stereocenters. The predicted molar refractivity (Wildman–Crippen MR) is 108 cm³/mol. The van der Waals surface area contributed by atoms with Crippen LogP contribution in [0.3, 0.4) is 0 Å². The van der Waals surface area contributed by atoms with Crippen LogP contribution >= 0.6 is 0 Å². The fourth-order valence-electron chi connectivity index (χ4n) is 4.16. The van der Waals surface area contributed by atoms with Gasteiger partial charge in [-0.3, -0.25) is 19.3 Å². The molecule has 8 nitrogen and oxygen atoms in total. The highest BCUT2D eigenvalue weighted by Crippen LogP contribution is 2.38. The number of anilines is 1. The lowest BCUT2D eigenvalue weighted by molar-refractivity contribution is -0.137. The molecule has 1 spiro atoms. The van der Waals surface area contributed by atoms with E-state index in [-0.39, 0.29) is 24.3 Å². The van der Waals surface area contributed by atoms with Crippen molar-refractivity contribution >= 4 is 29.4 Å². The molecule has 3 N–H and O–H groups in total. The van der Waals surface area contributed by atoms with Crippen molar-refractivity contribution in [2.24, 2.45) is 5.92 Å². The first-order valence-corrected chi connectivity index (χ1v) is 10.2. The fraction of sp³-hybridized carbons (Fsp3) is 0.524. The van der Waals surface area contributed by atoms with E-state index in [1.165, 1.54) is 0 Å². The van der Waals surface area contributed by atoms with Crippen LogP contribution in [0.25, 0.3) is 0 Å². The van der Waals surface area contributed by atoms with Gasteiger partial charge in [0.25, 0.3) is 5.91 Å². The van der Waals surface area contributed by atoms with E-state index in [1.54, 1.807) is 6.07 Å². The van der Waals surface area contributed by atoms with Gasteiger partial charge in [-0.25, -0.2) is 4.79 Å². The van der Waals surface area contributed by atoms with E-state index in [4.69, 9.17) is 0 Å². The summed E-state index contributed by atoms with van der Waals surface area (Å²) >= 11 is 0. The van der Waals surface area contributed by atoms with Crippen molar-refractivity contribution < 1.29 is 19.2 Å². The van der Waals surface area contributed by atoms with Gasteiger partial charge in [0.1, 0.15) is 12.1 Å². The number of urea groups is 1. The molecule has 3 rings (SSSR count). The molecule has 5 amide bonds. The van der Waals surface area contributed by atoms with Crippen molar-refractivity contribution in [3.63, 3.8) is 0 Å². The minimum Gasteiger partial charge on any atom is -0.345 e. The summed E-state index contributed by atoms with van der Waals surface area (Å²) in [7, 11) is 0. The Morgan fingerprint density at radius 2 is 1.97 bits per heavy atom. The van der Waals surface area contributed by atoms with Crippen LogP contribution in [-0.2, 0) is 20.8 Å². The quantitative estimate of drug-likeness (QED) is 0.633. The third kappa shape index (κ3) is 4.26. The van der Waals surface area contributed by atoms with E-state index in [1.807, 2.05) is 32.0 Å². The van der Waals surface area contributed by atoms with Crippen molar-refractivity contribution in [2.75, 3.05) is 18.4 Å². The van der Waals surface area contributed by atoms with Crippen LogP contribution in [-0.4, -0.2) is 47.3 Å². The van der Waals surface area contributed by atoms with Gasteiger partial charge in [0.15, 0.2) is 0 Å². The summed E-state index contributed by atoms with van der Waals surface area (Å²) < 4.78 is 0. The van der Waals surface area contributed by atoms with Crippen molar-refractivity contribution in [2.45, 2.75) is 51.5 Å². The zero-order chi connectivity index (χ0) is 21.0. The van der Waals surface area contributed by atoms with Gasteiger partial charge in [-0.05, 0) is 36.8 Å². The molecule has 29 heavy (non-hydrogen) atoms. The van der Waals surface area contributed by atoms with Crippen LogP contribution in [0.4, 0.5) is 10.5 Å². The van der Waals surface area contributed by atoms with E-state index in [0.717, 1.165) is 36.1 Å². The third-order valence-corrected chi connectivity index (χ3v) is 5.92. The Kier molecular flexibility index (Phi) is 6.20. The van der Waals surface area contributed by atoms with E-state index in [0.29, 0.717) is 12.1 Å². The molecule has 1 saturated carbocycles. The summed E-state index contributed by atoms with van der Waals surface area (Å²) in [6, 6.07) is 6.91. The summed E-state index contributed by atoms with van der Waals surface area (Å²) in [4.78, 5) is 50.6. The zero-order valence-electron chi connectivity index (χ0n) is 16.9. The molecule has 1 heterocycles. The largest absolute Gasteiger partial charge is 0.345 e. The first-order chi connectivity index (χ1) is 13.9. The molecule has 1 aromatic carbocycles. The maximum atomic E-state index is 12.9. The molecule has 0 aromatic heterocycles. The number of hydrogen-bond donors (Lipinski definition) is 3. The number of carbonyl (C=O) groups excluding carboxylic acids is 4. The van der Waals surface area contributed by atoms with Crippen LogP contribution in [0, 0.1) is 5.92 Å². The van der Waals surface area contributed by atoms with Gasteiger partial charge in [0.2, 0.25) is 11.8 Å². The van der Waals surface area contributed by atoms with Crippen LogP contribution < -0.4 is 16.0 Å². The molecule has 2 aliphatic rings. The summed E-state index contributed by atoms with van der Waals surface area (Å²) in [6.45, 7) is 3.32. The molecule has 2 fully saturated rings. The second kappa shape index (κ2) is 8.63. The number of benzene rings is 1. The number of imide groups is 1. The Hall–Kier alpha value is -2.90. The molecule has 8 heteroatoms. The van der Waals surface area contributed by atoms with Crippen LogP contribution in [0.2, 0.25) is 0 Å². The van der Waals surface area contributed by atoms with E-state index in [2.05, 4.69) is 16.0 Å². The smallest absolute Gasteiger partial charge is 0.325 e. The molecule has 0 bridgehead atoms. The molecular formula is C21H28N4O4. The normalized spacial score (nSPS) is 23.8. The summed E-state index contributed by atoms with van der Waals surface area (Å²) in [5, 5.41) is 8.07. The number of nitrogens with zero attached hydrogens (tertiary/aromatic N) is 1. The Bertz CT molecular complexity index is 825. The Morgan fingerprint density at radius 1 is 1.21 bits per heavy atom. The summed E-state index contributed by atoms with van der Waals surface area (Å²) in [5.74, 6) is -1.22. The number of hydrogen-bond acceptors (Lipinski definition) is 4. The molecule has 1 aliphatic carbocycles. The minimum absolute atomic E-state index is 0.0326. The second-order valence-corrected chi connectivity index (χ2v) is 7.78. The van der Waals surface area contributed by atoms with Gasteiger partial charge in [-0.15, -0.1) is 0 Å². The molecular weight excluding hydrogens is 372 g/mol. The van der Waals surface area contributed by atoms with Gasteiger partial charge < -0.3 is 16.0 Å². The van der Waals surface area contributed by atoms with Crippen LogP contribution in [0.15, 0.2) is 24.3 Å². The number of nitrogens with one attached hydrogen (secondary N) is 3. The maximum Gasteiger partial charge on any atom is 0.325 e. The number of para-hydroxylation sites is 1. The Balaban J connectivity index is 1.53. The maximum absolute atomic E-state index is 12.9. The van der Waals surface area contributed by atoms with Crippen molar-refractivity contribution in [3.8, 4) is 0 Å². The van der Waals surface area contributed by atoms with Crippen molar-refractivity contribution in [1.82, 2.24) is 15.5 Å². The predicted octanol–water partition coefficient (Wildman–Crippen LogP) is 1.80. The fourth-order valence-corrected chi connectivity index (χ4v) is 4.16. The van der Waals surface area contributed by atoms with Crippen LogP contribution in [0.5, 0.6) is 0 Å². The van der Waals surface area contributed by atoms with Crippen LogP contribution in [0.1, 0.15) is 45.1 Å². The first-order valence-electron chi connectivity index (χ1n) is 10.2. The lowest BCUT2D eigenvalue weighted by Gasteiger charge is -2.36. The highest BCUT2D eigenvalue weighted by molar-refractivity contribution is 6.09.